The normalized spacial score (nSPS) is 16.9. The largest absolute Gasteiger partial charge is 0.508 e. The van der Waals surface area contributed by atoms with E-state index in [1.54, 1.807) is 30.5 Å². The van der Waals surface area contributed by atoms with Gasteiger partial charge in [0.2, 0.25) is 0 Å². The molecule has 31 heavy (non-hydrogen) atoms. The third-order valence-corrected chi connectivity index (χ3v) is 5.38. The third kappa shape index (κ3) is 5.02. The van der Waals surface area contributed by atoms with Crippen LogP contribution < -0.4 is 4.90 Å². The molecule has 1 saturated heterocycles. The van der Waals surface area contributed by atoms with E-state index >= 15 is 0 Å². The number of alkyl halides is 3. The minimum Gasteiger partial charge on any atom is -0.508 e. The van der Waals surface area contributed by atoms with Gasteiger partial charge in [-0.15, -0.1) is 0 Å². The van der Waals surface area contributed by atoms with Gasteiger partial charge in [0.15, 0.2) is 0 Å². The lowest BCUT2D eigenvalue weighted by Crippen LogP contribution is -2.46. The molecule has 0 unspecified atom stereocenters. The van der Waals surface area contributed by atoms with E-state index in [1.165, 1.54) is 0 Å². The van der Waals surface area contributed by atoms with Crippen LogP contribution in [0.25, 0.3) is 0 Å². The zero-order valence-corrected chi connectivity index (χ0v) is 16.9. The Labute approximate surface area is 179 Å². The summed E-state index contributed by atoms with van der Waals surface area (Å²) < 4.78 is 40.1. The number of piperazine rings is 1. The van der Waals surface area contributed by atoms with Gasteiger partial charge in [0.1, 0.15) is 11.6 Å². The predicted octanol–water partition coefficient (Wildman–Crippen LogP) is 4.48. The van der Waals surface area contributed by atoms with Crippen molar-refractivity contribution < 1.29 is 18.3 Å². The Morgan fingerprint density at radius 2 is 1.68 bits per heavy atom. The van der Waals surface area contributed by atoms with Crippen molar-refractivity contribution in [1.82, 2.24) is 9.88 Å². The highest BCUT2D eigenvalue weighted by atomic mass is 19.4. The van der Waals surface area contributed by atoms with Crippen LogP contribution in [0.5, 0.6) is 5.75 Å². The van der Waals surface area contributed by atoms with Gasteiger partial charge in [-0.3, -0.25) is 0 Å². The molecule has 1 aliphatic heterocycles. The highest BCUT2D eigenvalue weighted by molar-refractivity contribution is 5.47. The maximum atomic E-state index is 13.4. The summed E-state index contributed by atoms with van der Waals surface area (Å²) in [5.74, 6) is 6.95. The molecule has 0 bridgehead atoms. The number of anilines is 1. The lowest BCUT2D eigenvalue weighted by molar-refractivity contribution is -0.0961. The summed E-state index contributed by atoms with van der Waals surface area (Å²) in [5, 5.41) is 9.50. The van der Waals surface area contributed by atoms with Crippen molar-refractivity contribution in [2.24, 2.45) is 0 Å². The Morgan fingerprint density at radius 1 is 0.935 bits per heavy atom. The summed E-state index contributed by atoms with van der Waals surface area (Å²) >= 11 is 0. The Bertz CT molecular complexity index is 1050. The molecule has 2 heterocycles. The number of rotatable bonds is 2. The van der Waals surface area contributed by atoms with Crippen LogP contribution in [0, 0.1) is 11.8 Å². The van der Waals surface area contributed by atoms with Gasteiger partial charge in [0.25, 0.3) is 0 Å². The van der Waals surface area contributed by atoms with Crippen molar-refractivity contribution in [3.63, 3.8) is 0 Å². The van der Waals surface area contributed by atoms with Gasteiger partial charge in [-0.1, -0.05) is 24.0 Å². The zero-order chi connectivity index (χ0) is 21.8. The number of hydrogen-bond acceptors (Lipinski definition) is 4. The fourth-order valence-electron chi connectivity index (χ4n) is 3.79. The number of phenolic OH excluding ortho intramolecular Hbond substituents is 1. The van der Waals surface area contributed by atoms with Crippen molar-refractivity contribution in [1.29, 1.82) is 0 Å². The number of pyridine rings is 1. The van der Waals surface area contributed by atoms with Gasteiger partial charge < -0.3 is 14.9 Å². The predicted molar refractivity (Wildman–Crippen MR) is 114 cm³/mol. The minimum atomic E-state index is -4.28. The Hall–Kier alpha value is -3.40. The minimum absolute atomic E-state index is 0.0438. The number of halogens is 3. The Morgan fingerprint density at radius 3 is 2.35 bits per heavy atom. The van der Waals surface area contributed by atoms with Gasteiger partial charge in [0, 0.05) is 49.2 Å². The number of nitrogens with zero attached hydrogens (tertiary/aromatic N) is 3. The molecule has 4 rings (SSSR count). The van der Waals surface area contributed by atoms with Crippen LogP contribution in [0.3, 0.4) is 0 Å². The van der Waals surface area contributed by atoms with E-state index in [4.69, 9.17) is 0 Å². The fourth-order valence-corrected chi connectivity index (χ4v) is 3.79. The maximum Gasteiger partial charge on any atom is 0.414 e. The molecule has 0 radical (unpaired) electrons. The molecule has 2 aromatic rings. The highest BCUT2D eigenvalue weighted by Crippen LogP contribution is 2.36. The SMILES string of the molecule is Oc1cccc(C#Cc2ccc(N3CCN(C4=C(C(F)(F)F)CCC=C4)CC3)nc2)c1. The van der Waals surface area contributed by atoms with Crippen LogP contribution in [0.1, 0.15) is 24.0 Å². The van der Waals surface area contributed by atoms with E-state index < -0.39 is 11.7 Å². The summed E-state index contributed by atoms with van der Waals surface area (Å²) in [6.45, 7) is 2.23. The van der Waals surface area contributed by atoms with E-state index in [-0.39, 0.29) is 12.2 Å². The van der Waals surface area contributed by atoms with Crippen LogP contribution in [0.2, 0.25) is 0 Å². The van der Waals surface area contributed by atoms with E-state index in [0.29, 0.717) is 43.9 Å². The summed E-state index contributed by atoms with van der Waals surface area (Å²) in [6.07, 6.45) is 1.31. The number of hydrogen-bond donors (Lipinski definition) is 1. The molecule has 0 amide bonds. The molecule has 4 nitrogen and oxygen atoms in total. The van der Waals surface area contributed by atoms with Gasteiger partial charge >= 0.3 is 6.18 Å². The standard InChI is InChI=1S/C24H22F3N3O/c25-24(26,27)21-6-1-2-7-22(21)29-12-14-30(15-13-29)23-11-10-19(17-28-23)9-8-18-4-3-5-20(31)16-18/h2-5,7,10-11,16-17,31H,1,6,12-15H2. The molecule has 2 aliphatic rings. The lowest BCUT2D eigenvalue weighted by Gasteiger charge is -2.39. The van der Waals surface area contributed by atoms with Gasteiger partial charge in [-0.05, 0) is 49.2 Å². The third-order valence-electron chi connectivity index (χ3n) is 5.38. The van der Waals surface area contributed by atoms with Crippen LogP contribution in [-0.2, 0) is 0 Å². The van der Waals surface area contributed by atoms with E-state index in [1.807, 2.05) is 29.2 Å². The second kappa shape index (κ2) is 8.76. The number of aromatic nitrogens is 1. The zero-order valence-electron chi connectivity index (χ0n) is 16.9. The van der Waals surface area contributed by atoms with Crippen LogP contribution in [0.15, 0.2) is 66.0 Å². The first-order chi connectivity index (χ1) is 14.9. The first kappa shape index (κ1) is 20.9. The lowest BCUT2D eigenvalue weighted by atomic mass is 10.00. The molecule has 0 atom stereocenters. The quantitative estimate of drug-likeness (QED) is 0.721. The average molecular weight is 425 g/mol. The van der Waals surface area contributed by atoms with Gasteiger partial charge in [-0.25, -0.2) is 4.98 Å². The average Bonchev–Trinajstić information content (AvgIpc) is 2.78. The molecule has 0 spiro atoms. The fraction of sp³-hybridized carbons (Fsp3) is 0.292. The molecule has 160 valence electrons. The molecule has 1 fully saturated rings. The Kier molecular flexibility index (Phi) is 5.90. The van der Waals surface area contributed by atoms with E-state index in [2.05, 4.69) is 21.7 Å². The van der Waals surface area contributed by atoms with E-state index in [9.17, 15) is 18.3 Å². The summed E-state index contributed by atoms with van der Waals surface area (Å²) in [5.41, 5.74) is 1.35. The number of benzene rings is 1. The van der Waals surface area contributed by atoms with Gasteiger partial charge in [0.05, 0.1) is 5.57 Å². The highest BCUT2D eigenvalue weighted by Gasteiger charge is 2.37. The van der Waals surface area contributed by atoms with Gasteiger partial charge in [-0.2, -0.15) is 13.2 Å². The summed E-state index contributed by atoms with van der Waals surface area (Å²) in [4.78, 5) is 8.37. The topological polar surface area (TPSA) is 39.6 Å². The smallest absolute Gasteiger partial charge is 0.414 e. The number of phenols is 1. The number of allylic oxidation sites excluding steroid dienone is 3. The van der Waals surface area contributed by atoms with Crippen molar-refractivity contribution in [3.05, 3.63) is 77.1 Å². The molecule has 1 aromatic heterocycles. The maximum absolute atomic E-state index is 13.4. The molecular weight excluding hydrogens is 403 g/mol. The molecule has 7 heteroatoms. The van der Waals surface area contributed by atoms with Crippen molar-refractivity contribution in [3.8, 4) is 17.6 Å². The first-order valence-electron chi connectivity index (χ1n) is 10.1. The second-order valence-electron chi connectivity index (χ2n) is 7.48. The summed E-state index contributed by atoms with van der Waals surface area (Å²) in [6, 6.07) is 10.5. The summed E-state index contributed by atoms with van der Waals surface area (Å²) in [7, 11) is 0. The molecular formula is C24H22F3N3O. The molecule has 1 aromatic carbocycles. The van der Waals surface area contributed by atoms with E-state index in [0.717, 1.165) is 11.4 Å². The van der Waals surface area contributed by atoms with Crippen molar-refractivity contribution in [2.45, 2.75) is 19.0 Å². The van der Waals surface area contributed by atoms with Crippen LogP contribution >= 0.6 is 0 Å². The molecule has 0 saturated carbocycles. The van der Waals surface area contributed by atoms with Crippen molar-refractivity contribution in [2.75, 3.05) is 31.1 Å². The molecule has 1 N–H and O–H groups in total. The number of aromatic hydroxyl groups is 1. The van der Waals surface area contributed by atoms with Crippen LogP contribution in [-0.4, -0.2) is 47.3 Å². The second-order valence-corrected chi connectivity index (χ2v) is 7.48. The monoisotopic (exact) mass is 425 g/mol. The Balaban J connectivity index is 1.40. The van der Waals surface area contributed by atoms with Crippen LogP contribution in [0.4, 0.5) is 19.0 Å². The first-order valence-corrected chi connectivity index (χ1v) is 10.1. The van der Waals surface area contributed by atoms with Crippen molar-refractivity contribution >= 4 is 5.82 Å². The molecule has 1 aliphatic carbocycles.